The van der Waals surface area contributed by atoms with E-state index in [0.717, 1.165) is 37.1 Å². The maximum atomic E-state index is 12.7. The van der Waals surface area contributed by atoms with Crippen LogP contribution in [0.5, 0.6) is 0 Å². The normalized spacial score (nSPS) is 22.7. The average Bonchev–Trinajstić information content (AvgIpc) is 2.86. The van der Waals surface area contributed by atoms with Gasteiger partial charge in [-0.05, 0) is 74.4 Å². The van der Waals surface area contributed by atoms with Crippen LogP contribution in [0.2, 0.25) is 0 Å². The molecular weight excluding hydrogens is 275 g/mol. The lowest BCUT2D eigenvalue weighted by Gasteiger charge is -2.23. The Morgan fingerprint density at radius 3 is 2.62 bits per heavy atom. The number of alkyl halides is 3. The first-order valence-corrected chi connectivity index (χ1v) is 7.82. The first kappa shape index (κ1) is 16.3. The Morgan fingerprint density at radius 2 is 2.00 bits per heavy atom. The van der Waals surface area contributed by atoms with Gasteiger partial charge in [-0.3, -0.25) is 0 Å². The fraction of sp³-hybridized carbons (Fsp3) is 0.647. The molecule has 1 N–H and O–H groups in total. The molecule has 4 heteroatoms. The Hall–Kier alpha value is -1.03. The average molecular weight is 299 g/mol. The first-order chi connectivity index (χ1) is 9.93. The Balaban J connectivity index is 2.13. The van der Waals surface area contributed by atoms with Gasteiger partial charge >= 0.3 is 6.18 Å². The van der Waals surface area contributed by atoms with Gasteiger partial charge in [0.1, 0.15) is 0 Å². The van der Waals surface area contributed by atoms with Gasteiger partial charge in [-0.2, -0.15) is 13.2 Å². The van der Waals surface area contributed by atoms with Crippen LogP contribution in [0.1, 0.15) is 55.2 Å². The fourth-order valence-corrected chi connectivity index (χ4v) is 3.42. The predicted octanol–water partition coefficient (Wildman–Crippen LogP) is 4.90. The summed E-state index contributed by atoms with van der Waals surface area (Å²) < 4.78 is 38.2. The summed E-state index contributed by atoms with van der Waals surface area (Å²) in [4.78, 5) is 0. The molecular formula is C17H24F3N. The van der Waals surface area contributed by atoms with Gasteiger partial charge in [0.25, 0.3) is 0 Å². The van der Waals surface area contributed by atoms with Crippen LogP contribution in [0.25, 0.3) is 0 Å². The summed E-state index contributed by atoms with van der Waals surface area (Å²) in [5.41, 5.74) is 1.34. The van der Waals surface area contributed by atoms with Gasteiger partial charge in [-0.15, -0.1) is 0 Å². The molecule has 1 saturated carbocycles. The quantitative estimate of drug-likeness (QED) is 0.763. The van der Waals surface area contributed by atoms with Crippen molar-refractivity contribution in [3.8, 4) is 0 Å². The van der Waals surface area contributed by atoms with Crippen molar-refractivity contribution in [3.63, 3.8) is 0 Å². The third kappa shape index (κ3) is 4.00. The minimum absolute atomic E-state index is 0.400. The Labute approximate surface area is 124 Å². The molecule has 0 bridgehead atoms. The highest BCUT2D eigenvalue weighted by Crippen LogP contribution is 2.41. The molecule has 1 aromatic carbocycles. The molecule has 1 fully saturated rings. The SMILES string of the molecule is CCCNCC1CCCC1c1ccc(C(F)(F)F)cc1C. The van der Waals surface area contributed by atoms with Gasteiger partial charge < -0.3 is 5.32 Å². The predicted molar refractivity (Wildman–Crippen MR) is 79.4 cm³/mol. The maximum Gasteiger partial charge on any atom is 0.416 e. The summed E-state index contributed by atoms with van der Waals surface area (Å²) >= 11 is 0. The lowest BCUT2D eigenvalue weighted by Crippen LogP contribution is -2.25. The Kier molecular flexibility index (Phi) is 5.31. The molecule has 118 valence electrons. The second-order valence-corrected chi connectivity index (χ2v) is 6.07. The smallest absolute Gasteiger partial charge is 0.316 e. The van der Waals surface area contributed by atoms with Crippen LogP contribution in [0.15, 0.2) is 18.2 Å². The van der Waals surface area contributed by atoms with E-state index in [0.29, 0.717) is 11.8 Å². The van der Waals surface area contributed by atoms with E-state index in [1.165, 1.54) is 25.0 Å². The van der Waals surface area contributed by atoms with E-state index in [1.807, 2.05) is 0 Å². The molecule has 0 amide bonds. The lowest BCUT2D eigenvalue weighted by molar-refractivity contribution is -0.137. The molecule has 1 aliphatic rings. The minimum Gasteiger partial charge on any atom is -0.316 e. The van der Waals surface area contributed by atoms with E-state index in [9.17, 15) is 13.2 Å². The molecule has 2 rings (SSSR count). The van der Waals surface area contributed by atoms with Crippen molar-refractivity contribution in [2.45, 2.75) is 51.6 Å². The third-order valence-electron chi connectivity index (χ3n) is 4.49. The molecule has 0 aliphatic heterocycles. The zero-order valence-corrected chi connectivity index (χ0v) is 12.8. The topological polar surface area (TPSA) is 12.0 Å². The highest BCUT2D eigenvalue weighted by molar-refractivity contribution is 5.35. The van der Waals surface area contributed by atoms with E-state index in [4.69, 9.17) is 0 Å². The van der Waals surface area contributed by atoms with Crippen LogP contribution in [0.4, 0.5) is 13.2 Å². The summed E-state index contributed by atoms with van der Waals surface area (Å²) in [5, 5.41) is 3.45. The van der Waals surface area contributed by atoms with Crippen LogP contribution < -0.4 is 5.32 Å². The van der Waals surface area contributed by atoms with Crippen LogP contribution >= 0.6 is 0 Å². The van der Waals surface area contributed by atoms with Crippen molar-refractivity contribution in [3.05, 3.63) is 34.9 Å². The number of rotatable bonds is 5. The van der Waals surface area contributed by atoms with E-state index in [1.54, 1.807) is 13.0 Å². The van der Waals surface area contributed by atoms with Crippen LogP contribution in [-0.2, 0) is 6.18 Å². The van der Waals surface area contributed by atoms with Gasteiger partial charge in [-0.1, -0.05) is 19.4 Å². The minimum atomic E-state index is -4.25. The molecule has 1 aromatic rings. The summed E-state index contributed by atoms with van der Waals surface area (Å²) in [6, 6.07) is 4.22. The molecule has 0 heterocycles. The van der Waals surface area contributed by atoms with Crippen molar-refractivity contribution in [2.24, 2.45) is 5.92 Å². The van der Waals surface area contributed by atoms with Crippen LogP contribution in [-0.4, -0.2) is 13.1 Å². The molecule has 0 aromatic heterocycles. The standard InChI is InChI=1S/C17H24F3N/c1-3-9-21-11-13-5-4-6-16(13)15-8-7-14(10-12(15)2)17(18,19)20/h7-8,10,13,16,21H,3-6,9,11H2,1-2H3. The second kappa shape index (κ2) is 6.82. The van der Waals surface area contributed by atoms with Gasteiger partial charge in [0.2, 0.25) is 0 Å². The number of benzene rings is 1. The van der Waals surface area contributed by atoms with Gasteiger partial charge in [0.05, 0.1) is 5.56 Å². The third-order valence-corrected chi connectivity index (χ3v) is 4.49. The van der Waals surface area contributed by atoms with Crippen molar-refractivity contribution in [2.75, 3.05) is 13.1 Å². The molecule has 1 nitrogen and oxygen atoms in total. The monoisotopic (exact) mass is 299 g/mol. The van der Waals surface area contributed by atoms with Crippen molar-refractivity contribution in [1.82, 2.24) is 5.32 Å². The highest BCUT2D eigenvalue weighted by Gasteiger charge is 2.33. The fourth-order valence-electron chi connectivity index (χ4n) is 3.42. The number of nitrogens with one attached hydrogen (secondary N) is 1. The molecule has 1 aliphatic carbocycles. The number of halogens is 3. The number of aryl methyl sites for hydroxylation is 1. The number of hydrogen-bond acceptors (Lipinski definition) is 1. The van der Waals surface area contributed by atoms with E-state index < -0.39 is 11.7 Å². The second-order valence-electron chi connectivity index (χ2n) is 6.07. The molecule has 21 heavy (non-hydrogen) atoms. The molecule has 2 atom stereocenters. The van der Waals surface area contributed by atoms with Gasteiger partial charge in [0.15, 0.2) is 0 Å². The van der Waals surface area contributed by atoms with Gasteiger partial charge in [0, 0.05) is 0 Å². The van der Waals surface area contributed by atoms with Crippen LogP contribution in [0.3, 0.4) is 0 Å². The number of hydrogen-bond donors (Lipinski definition) is 1. The Bertz CT molecular complexity index is 468. The molecule has 0 saturated heterocycles. The zero-order valence-electron chi connectivity index (χ0n) is 12.8. The lowest BCUT2D eigenvalue weighted by atomic mass is 9.85. The first-order valence-electron chi connectivity index (χ1n) is 7.82. The van der Waals surface area contributed by atoms with Crippen molar-refractivity contribution < 1.29 is 13.2 Å². The van der Waals surface area contributed by atoms with E-state index in [2.05, 4.69) is 12.2 Å². The summed E-state index contributed by atoms with van der Waals surface area (Å²) in [6.07, 6.45) is 0.286. The van der Waals surface area contributed by atoms with E-state index >= 15 is 0 Å². The Morgan fingerprint density at radius 1 is 1.24 bits per heavy atom. The summed E-state index contributed by atoms with van der Waals surface area (Å²) in [7, 11) is 0. The molecule has 0 spiro atoms. The highest BCUT2D eigenvalue weighted by atomic mass is 19.4. The van der Waals surface area contributed by atoms with Crippen molar-refractivity contribution >= 4 is 0 Å². The van der Waals surface area contributed by atoms with Gasteiger partial charge in [-0.25, -0.2) is 0 Å². The zero-order chi connectivity index (χ0) is 15.5. The molecule has 0 radical (unpaired) electrons. The van der Waals surface area contributed by atoms with Crippen LogP contribution in [0, 0.1) is 12.8 Å². The summed E-state index contributed by atoms with van der Waals surface area (Å²) in [5.74, 6) is 0.948. The van der Waals surface area contributed by atoms with Crippen molar-refractivity contribution in [1.29, 1.82) is 0 Å². The molecule has 2 unspecified atom stereocenters. The largest absolute Gasteiger partial charge is 0.416 e. The van der Waals surface area contributed by atoms with E-state index in [-0.39, 0.29) is 0 Å². The maximum absolute atomic E-state index is 12.7. The summed E-state index contributed by atoms with van der Waals surface area (Å²) in [6.45, 7) is 5.92.